The molecule has 2 unspecified atom stereocenters. The molecule has 4 heteroatoms. The number of ether oxygens (including phenoxy) is 1. The Balaban J connectivity index is 2.10. The van der Waals surface area contributed by atoms with Gasteiger partial charge >= 0.3 is 0 Å². The summed E-state index contributed by atoms with van der Waals surface area (Å²) in [4.78, 5) is 0. The van der Waals surface area contributed by atoms with Crippen LogP contribution in [0.1, 0.15) is 19.8 Å². The SMILES string of the molecule is CC(NCC1CCCOC1)C(F)F. The van der Waals surface area contributed by atoms with E-state index in [0.717, 1.165) is 19.4 Å². The van der Waals surface area contributed by atoms with Gasteiger partial charge in [0.1, 0.15) is 0 Å². The molecule has 0 radical (unpaired) electrons. The lowest BCUT2D eigenvalue weighted by molar-refractivity contribution is 0.0476. The predicted molar refractivity (Wildman–Crippen MR) is 47.0 cm³/mol. The van der Waals surface area contributed by atoms with Crippen LogP contribution in [0.5, 0.6) is 0 Å². The fourth-order valence-electron chi connectivity index (χ4n) is 1.41. The van der Waals surface area contributed by atoms with E-state index in [1.807, 2.05) is 0 Å². The molecule has 1 aliphatic rings. The maximum absolute atomic E-state index is 12.1. The maximum atomic E-state index is 12.1. The molecule has 1 heterocycles. The molecule has 1 fully saturated rings. The van der Waals surface area contributed by atoms with E-state index in [1.165, 1.54) is 6.92 Å². The van der Waals surface area contributed by atoms with Gasteiger partial charge in [-0.3, -0.25) is 0 Å². The standard InChI is InChI=1S/C9H17F2NO/c1-7(9(10)11)12-5-8-3-2-4-13-6-8/h7-9,12H,2-6H2,1H3. The van der Waals surface area contributed by atoms with Crippen LogP contribution in [0.15, 0.2) is 0 Å². The number of hydrogen-bond donors (Lipinski definition) is 1. The van der Waals surface area contributed by atoms with E-state index < -0.39 is 12.5 Å². The van der Waals surface area contributed by atoms with E-state index in [1.54, 1.807) is 0 Å². The second kappa shape index (κ2) is 5.50. The summed E-state index contributed by atoms with van der Waals surface area (Å²) in [7, 11) is 0. The highest BCUT2D eigenvalue weighted by Crippen LogP contribution is 2.12. The highest BCUT2D eigenvalue weighted by atomic mass is 19.3. The topological polar surface area (TPSA) is 21.3 Å². The van der Waals surface area contributed by atoms with Gasteiger partial charge in [-0.15, -0.1) is 0 Å². The predicted octanol–water partition coefficient (Wildman–Crippen LogP) is 1.66. The van der Waals surface area contributed by atoms with Crippen LogP contribution < -0.4 is 5.32 Å². The second-order valence-corrected chi connectivity index (χ2v) is 3.61. The third kappa shape index (κ3) is 4.00. The quantitative estimate of drug-likeness (QED) is 0.733. The Morgan fingerprint density at radius 2 is 2.31 bits per heavy atom. The van der Waals surface area contributed by atoms with Gasteiger partial charge in [-0.05, 0) is 25.7 Å². The van der Waals surface area contributed by atoms with Crippen molar-refractivity contribution in [2.75, 3.05) is 19.8 Å². The minimum atomic E-state index is -2.27. The average Bonchev–Trinajstić information content (AvgIpc) is 2.15. The molecule has 1 N–H and O–H groups in total. The molecule has 0 bridgehead atoms. The molecule has 0 aromatic carbocycles. The molecule has 78 valence electrons. The summed E-state index contributed by atoms with van der Waals surface area (Å²) < 4.78 is 29.4. The van der Waals surface area contributed by atoms with Crippen LogP contribution in [0, 0.1) is 5.92 Å². The first-order valence-electron chi connectivity index (χ1n) is 4.79. The molecule has 0 spiro atoms. The third-order valence-electron chi connectivity index (χ3n) is 2.36. The van der Waals surface area contributed by atoms with Crippen molar-refractivity contribution in [3.05, 3.63) is 0 Å². The summed E-state index contributed by atoms with van der Waals surface area (Å²) in [5.74, 6) is 0.412. The molecular formula is C9H17F2NO. The molecule has 2 atom stereocenters. The van der Waals surface area contributed by atoms with Gasteiger partial charge in [-0.25, -0.2) is 8.78 Å². The molecule has 0 amide bonds. The normalized spacial score (nSPS) is 26.3. The monoisotopic (exact) mass is 193 g/mol. The van der Waals surface area contributed by atoms with Crippen molar-refractivity contribution in [1.29, 1.82) is 0 Å². The van der Waals surface area contributed by atoms with E-state index in [-0.39, 0.29) is 0 Å². The average molecular weight is 193 g/mol. The second-order valence-electron chi connectivity index (χ2n) is 3.61. The largest absolute Gasteiger partial charge is 0.381 e. The summed E-state index contributed by atoms with van der Waals surface area (Å²) in [6.07, 6.45) is -0.136. The zero-order valence-corrected chi connectivity index (χ0v) is 7.93. The fraction of sp³-hybridized carbons (Fsp3) is 1.00. The van der Waals surface area contributed by atoms with Gasteiger partial charge < -0.3 is 10.1 Å². The van der Waals surface area contributed by atoms with Crippen molar-refractivity contribution in [2.24, 2.45) is 5.92 Å². The van der Waals surface area contributed by atoms with Crippen molar-refractivity contribution >= 4 is 0 Å². The molecular weight excluding hydrogens is 176 g/mol. The van der Waals surface area contributed by atoms with E-state index in [2.05, 4.69) is 5.32 Å². The zero-order valence-electron chi connectivity index (χ0n) is 7.93. The molecule has 0 saturated carbocycles. The van der Waals surface area contributed by atoms with E-state index in [0.29, 0.717) is 19.1 Å². The van der Waals surface area contributed by atoms with Crippen molar-refractivity contribution in [3.63, 3.8) is 0 Å². The summed E-state index contributed by atoms with van der Waals surface area (Å²) in [5, 5.41) is 2.82. The number of alkyl halides is 2. The highest BCUT2D eigenvalue weighted by molar-refractivity contribution is 4.69. The Morgan fingerprint density at radius 3 is 2.85 bits per heavy atom. The van der Waals surface area contributed by atoms with Crippen LogP contribution in [0.3, 0.4) is 0 Å². The number of halogens is 2. The zero-order chi connectivity index (χ0) is 9.68. The first-order chi connectivity index (χ1) is 6.20. The van der Waals surface area contributed by atoms with Crippen LogP contribution in [-0.4, -0.2) is 32.2 Å². The summed E-state index contributed by atoms with van der Waals surface area (Å²) in [5.41, 5.74) is 0. The minimum absolute atomic E-state index is 0.412. The number of hydrogen-bond acceptors (Lipinski definition) is 2. The van der Waals surface area contributed by atoms with E-state index in [9.17, 15) is 8.78 Å². The van der Waals surface area contributed by atoms with Gasteiger partial charge in [0, 0.05) is 13.2 Å². The Kier molecular flexibility index (Phi) is 4.59. The lowest BCUT2D eigenvalue weighted by Gasteiger charge is -2.24. The lowest BCUT2D eigenvalue weighted by atomic mass is 10.0. The van der Waals surface area contributed by atoms with Gasteiger partial charge in [0.15, 0.2) is 0 Å². The minimum Gasteiger partial charge on any atom is -0.381 e. The fourth-order valence-corrected chi connectivity index (χ4v) is 1.41. The molecule has 0 aliphatic carbocycles. The lowest BCUT2D eigenvalue weighted by Crippen LogP contribution is -2.38. The molecule has 13 heavy (non-hydrogen) atoms. The van der Waals surface area contributed by atoms with E-state index >= 15 is 0 Å². The van der Waals surface area contributed by atoms with Crippen molar-refractivity contribution in [3.8, 4) is 0 Å². The smallest absolute Gasteiger partial charge is 0.253 e. The highest BCUT2D eigenvalue weighted by Gasteiger charge is 2.18. The van der Waals surface area contributed by atoms with Crippen LogP contribution >= 0.6 is 0 Å². The van der Waals surface area contributed by atoms with Gasteiger partial charge in [-0.1, -0.05) is 0 Å². The Morgan fingerprint density at radius 1 is 1.54 bits per heavy atom. The Hall–Kier alpha value is -0.220. The summed E-state index contributed by atoms with van der Waals surface area (Å²) >= 11 is 0. The Bertz CT molecular complexity index is 138. The number of nitrogens with one attached hydrogen (secondary N) is 1. The van der Waals surface area contributed by atoms with Crippen LogP contribution in [0.2, 0.25) is 0 Å². The van der Waals surface area contributed by atoms with Crippen molar-refractivity contribution in [2.45, 2.75) is 32.2 Å². The summed E-state index contributed by atoms with van der Waals surface area (Å²) in [6.45, 7) is 3.68. The first-order valence-corrected chi connectivity index (χ1v) is 4.79. The maximum Gasteiger partial charge on any atom is 0.253 e. The molecule has 1 rings (SSSR count). The van der Waals surface area contributed by atoms with Crippen molar-refractivity contribution in [1.82, 2.24) is 5.32 Å². The molecule has 0 aromatic rings. The van der Waals surface area contributed by atoms with Gasteiger partial charge in [0.05, 0.1) is 12.6 Å². The number of rotatable bonds is 4. The Labute approximate surface area is 77.6 Å². The molecule has 0 aromatic heterocycles. The van der Waals surface area contributed by atoms with Gasteiger partial charge in [-0.2, -0.15) is 0 Å². The molecule has 1 saturated heterocycles. The van der Waals surface area contributed by atoms with Crippen LogP contribution in [0.25, 0.3) is 0 Å². The third-order valence-corrected chi connectivity index (χ3v) is 2.36. The molecule has 1 aliphatic heterocycles. The molecule has 2 nitrogen and oxygen atoms in total. The first kappa shape index (κ1) is 10.9. The van der Waals surface area contributed by atoms with Crippen molar-refractivity contribution < 1.29 is 13.5 Å². The van der Waals surface area contributed by atoms with Gasteiger partial charge in [0.25, 0.3) is 6.43 Å². The van der Waals surface area contributed by atoms with Gasteiger partial charge in [0.2, 0.25) is 0 Å². The van der Waals surface area contributed by atoms with E-state index in [4.69, 9.17) is 4.74 Å². The van der Waals surface area contributed by atoms with Crippen LogP contribution in [-0.2, 0) is 4.74 Å². The summed E-state index contributed by atoms with van der Waals surface area (Å²) in [6, 6.07) is -0.707. The van der Waals surface area contributed by atoms with Crippen LogP contribution in [0.4, 0.5) is 8.78 Å².